The number of carbonyl (C=O) groups excluding carboxylic acids is 2. The Balaban J connectivity index is 0. The van der Waals surface area contributed by atoms with Crippen molar-refractivity contribution in [1.29, 1.82) is 0 Å². The molecule has 0 spiro atoms. The van der Waals surface area contributed by atoms with Crippen molar-refractivity contribution >= 4 is 11.6 Å². The van der Waals surface area contributed by atoms with Gasteiger partial charge in [0.1, 0.15) is 11.6 Å². The SMILES string of the molecule is CC(C)=O.[2H]CC(C)=O. The van der Waals surface area contributed by atoms with Crippen molar-refractivity contribution in [1.82, 2.24) is 0 Å². The molecule has 0 atom stereocenters. The number of rotatable bonds is 0. The Hall–Kier alpha value is -0.660. The van der Waals surface area contributed by atoms with Crippen LogP contribution < -0.4 is 0 Å². The molecule has 0 N–H and O–H groups in total. The third-order valence-corrected chi connectivity index (χ3v) is 0. The summed E-state index contributed by atoms with van der Waals surface area (Å²) in [6.07, 6.45) is 0. The quantitative estimate of drug-likeness (QED) is 0.477. The lowest BCUT2D eigenvalue weighted by atomic mass is 10.6. The molecule has 0 heterocycles. The van der Waals surface area contributed by atoms with Crippen molar-refractivity contribution in [2.75, 3.05) is 0 Å². The highest BCUT2D eigenvalue weighted by molar-refractivity contribution is 5.72. The van der Waals surface area contributed by atoms with E-state index in [1.54, 1.807) is 0 Å². The van der Waals surface area contributed by atoms with Gasteiger partial charge in [-0.2, -0.15) is 0 Å². The minimum atomic E-state index is -0.0833. The average molecular weight is 117 g/mol. The number of hydrogen-bond donors (Lipinski definition) is 0. The molecule has 8 heavy (non-hydrogen) atoms. The van der Waals surface area contributed by atoms with E-state index in [-0.39, 0.29) is 18.5 Å². The number of hydrogen-bond acceptors (Lipinski definition) is 2. The van der Waals surface area contributed by atoms with Crippen LogP contribution in [0, 0.1) is 0 Å². The highest BCUT2D eigenvalue weighted by atomic mass is 16.1. The van der Waals surface area contributed by atoms with Gasteiger partial charge < -0.3 is 9.59 Å². The van der Waals surface area contributed by atoms with Gasteiger partial charge >= 0.3 is 0 Å². The minimum Gasteiger partial charge on any atom is -0.300 e. The van der Waals surface area contributed by atoms with Crippen LogP contribution in [0.3, 0.4) is 0 Å². The maximum atomic E-state index is 9.62. The molecule has 0 saturated carbocycles. The molecule has 0 aromatic carbocycles. The molecule has 0 bridgehead atoms. The molecule has 0 rings (SSSR count). The van der Waals surface area contributed by atoms with Gasteiger partial charge in [-0.3, -0.25) is 0 Å². The van der Waals surface area contributed by atoms with Crippen LogP contribution in [0.5, 0.6) is 0 Å². The van der Waals surface area contributed by atoms with Gasteiger partial charge in [-0.15, -0.1) is 0 Å². The third-order valence-electron chi connectivity index (χ3n) is 0. The van der Waals surface area contributed by atoms with Crippen LogP contribution in [-0.2, 0) is 9.59 Å². The summed E-state index contributed by atoms with van der Waals surface area (Å²) in [6.45, 7) is 4.37. The van der Waals surface area contributed by atoms with Crippen molar-refractivity contribution < 1.29 is 11.0 Å². The molecule has 2 nitrogen and oxygen atoms in total. The van der Waals surface area contributed by atoms with Crippen molar-refractivity contribution in [3.8, 4) is 0 Å². The smallest absolute Gasteiger partial charge is 0.126 e. The van der Waals surface area contributed by atoms with E-state index in [4.69, 9.17) is 1.37 Å². The monoisotopic (exact) mass is 117 g/mol. The molecule has 0 aliphatic rings. The van der Waals surface area contributed by atoms with Crippen LogP contribution in [0.25, 0.3) is 0 Å². The van der Waals surface area contributed by atoms with Gasteiger partial charge in [0.25, 0.3) is 0 Å². The molecular weight excluding hydrogens is 104 g/mol. The molecule has 0 saturated heterocycles. The van der Waals surface area contributed by atoms with E-state index in [9.17, 15) is 9.59 Å². The number of Topliss-reactive ketones (excluding diaryl/α,β-unsaturated/α-hetero) is 2. The molecule has 48 valence electrons. The second-order valence-electron chi connectivity index (χ2n) is 1.61. The lowest BCUT2D eigenvalue weighted by molar-refractivity contribution is -0.115. The first-order valence-corrected chi connectivity index (χ1v) is 2.26. The molecule has 2 heteroatoms. The Kier molecular flexibility index (Phi) is 5.82. The molecule has 0 aromatic rings. The van der Waals surface area contributed by atoms with Crippen LogP contribution in [0.2, 0.25) is 0 Å². The van der Waals surface area contributed by atoms with Crippen LogP contribution in [0.1, 0.15) is 29.0 Å². The lowest BCUT2D eigenvalue weighted by Crippen LogP contribution is -1.69. The molecule has 0 aliphatic heterocycles. The fourth-order valence-electron chi connectivity index (χ4n) is 0. The van der Waals surface area contributed by atoms with Crippen LogP contribution >= 0.6 is 0 Å². The van der Waals surface area contributed by atoms with Crippen molar-refractivity contribution in [3.63, 3.8) is 0 Å². The van der Waals surface area contributed by atoms with Gasteiger partial charge in [-0.25, -0.2) is 0 Å². The topological polar surface area (TPSA) is 34.1 Å². The predicted molar refractivity (Wildman–Crippen MR) is 32.7 cm³/mol. The predicted octanol–water partition coefficient (Wildman–Crippen LogP) is 1.19. The third kappa shape index (κ3) is 231. The Bertz CT molecular complexity index is 95.2. The van der Waals surface area contributed by atoms with E-state index in [0.717, 1.165) is 0 Å². The molecule has 0 amide bonds. The maximum absolute atomic E-state index is 9.62. The van der Waals surface area contributed by atoms with Crippen LogP contribution in [0.15, 0.2) is 0 Å². The first-order valence-electron chi connectivity index (χ1n) is 2.97. The first kappa shape index (κ1) is 7.34. The Morgan fingerprint density at radius 3 is 1.25 bits per heavy atom. The van der Waals surface area contributed by atoms with Gasteiger partial charge in [-0.1, -0.05) is 0 Å². The minimum absolute atomic E-state index is 0.0787. The summed E-state index contributed by atoms with van der Waals surface area (Å²) < 4.78 is 6.31. The molecule has 0 aliphatic carbocycles. The maximum Gasteiger partial charge on any atom is 0.126 e. The molecule has 0 aromatic heterocycles. The van der Waals surface area contributed by atoms with Crippen LogP contribution in [-0.4, -0.2) is 11.6 Å². The Morgan fingerprint density at radius 1 is 1.12 bits per heavy atom. The van der Waals surface area contributed by atoms with E-state index < -0.39 is 0 Å². The summed E-state index contributed by atoms with van der Waals surface area (Å²) >= 11 is 0. The zero-order chi connectivity index (χ0) is 7.86. The Labute approximate surface area is 51.3 Å². The van der Waals surface area contributed by atoms with Gasteiger partial charge in [0.05, 0.1) is 0 Å². The van der Waals surface area contributed by atoms with Gasteiger partial charge in [0.2, 0.25) is 0 Å². The lowest BCUT2D eigenvalue weighted by Gasteiger charge is -1.56. The summed E-state index contributed by atoms with van der Waals surface area (Å²) in [6, 6.07) is 0. The fourth-order valence-corrected chi connectivity index (χ4v) is 0. The molecule has 0 radical (unpaired) electrons. The van der Waals surface area contributed by atoms with Crippen molar-refractivity contribution in [2.24, 2.45) is 0 Å². The van der Waals surface area contributed by atoms with Crippen LogP contribution in [0.4, 0.5) is 0 Å². The van der Waals surface area contributed by atoms with Gasteiger partial charge in [0, 0.05) is 1.37 Å². The van der Waals surface area contributed by atoms with E-state index in [2.05, 4.69) is 0 Å². The summed E-state index contributed by atoms with van der Waals surface area (Å²) in [7, 11) is 0. The molecule has 0 unspecified atom stereocenters. The van der Waals surface area contributed by atoms with E-state index in [1.165, 1.54) is 20.8 Å². The summed E-state index contributed by atoms with van der Waals surface area (Å²) in [4.78, 5) is 19.1. The van der Waals surface area contributed by atoms with Gasteiger partial charge in [-0.05, 0) is 27.7 Å². The number of carbonyl (C=O) groups is 2. The summed E-state index contributed by atoms with van der Waals surface area (Å²) in [5.74, 6) is 0.0880. The van der Waals surface area contributed by atoms with E-state index in [1.807, 2.05) is 0 Å². The molecular formula is C6H12O2. The second-order valence-corrected chi connectivity index (χ2v) is 1.61. The van der Waals surface area contributed by atoms with E-state index >= 15 is 0 Å². The Morgan fingerprint density at radius 2 is 1.25 bits per heavy atom. The highest BCUT2D eigenvalue weighted by Crippen LogP contribution is 1.50. The second kappa shape index (κ2) is 6.34. The number of ketones is 2. The molecule has 0 fully saturated rings. The zero-order valence-electron chi connectivity index (χ0n) is 6.52. The standard InChI is InChI=1S/2C3H6O/c2*1-3(2)4/h2*1-2H3/i1D;. The fraction of sp³-hybridized carbons (Fsp3) is 0.667. The summed E-state index contributed by atoms with van der Waals surface area (Å²) in [5, 5.41) is 0. The normalized spacial score (nSPS) is 8.12. The largest absolute Gasteiger partial charge is 0.300 e. The van der Waals surface area contributed by atoms with Crippen molar-refractivity contribution in [2.45, 2.75) is 27.7 Å². The van der Waals surface area contributed by atoms with Gasteiger partial charge in [0.15, 0.2) is 0 Å². The zero-order valence-corrected chi connectivity index (χ0v) is 5.52. The average Bonchev–Trinajstić information content (AvgIpc) is 1.65. The van der Waals surface area contributed by atoms with E-state index in [0.29, 0.717) is 0 Å². The summed E-state index contributed by atoms with van der Waals surface area (Å²) in [5.41, 5.74) is 0. The first-order chi connectivity index (χ1) is 4.00. The van der Waals surface area contributed by atoms with Crippen molar-refractivity contribution in [3.05, 3.63) is 0 Å². The highest BCUT2D eigenvalue weighted by Gasteiger charge is 1.62.